The van der Waals surface area contributed by atoms with Crippen molar-refractivity contribution in [3.05, 3.63) is 29.8 Å². The predicted octanol–water partition coefficient (Wildman–Crippen LogP) is 2.70. The minimum Gasteiger partial charge on any atom is -0.465 e. The Morgan fingerprint density at radius 1 is 1.29 bits per heavy atom. The van der Waals surface area contributed by atoms with E-state index in [4.69, 9.17) is 5.11 Å². The first-order valence-corrected chi connectivity index (χ1v) is 5.79. The molecule has 17 heavy (non-hydrogen) atoms. The van der Waals surface area contributed by atoms with Gasteiger partial charge in [-0.1, -0.05) is 31.5 Å². The van der Waals surface area contributed by atoms with Crippen LogP contribution in [0.2, 0.25) is 0 Å². The van der Waals surface area contributed by atoms with Crippen LogP contribution in [0, 0.1) is 12.8 Å². The first-order valence-electron chi connectivity index (χ1n) is 5.79. The van der Waals surface area contributed by atoms with Crippen LogP contribution < -0.4 is 10.6 Å². The van der Waals surface area contributed by atoms with Crippen molar-refractivity contribution >= 4 is 11.8 Å². The zero-order valence-electron chi connectivity index (χ0n) is 10.5. The average molecular weight is 236 g/mol. The smallest absolute Gasteiger partial charge is 0.404 e. The molecule has 94 valence electrons. The van der Waals surface area contributed by atoms with Crippen molar-refractivity contribution in [2.75, 3.05) is 11.9 Å². The number of rotatable bonds is 5. The fourth-order valence-corrected chi connectivity index (χ4v) is 1.51. The molecule has 4 heteroatoms. The third-order valence-corrected chi connectivity index (χ3v) is 2.69. The quantitative estimate of drug-likeness (QED) is 0.736. The molecule has 4 nitrogen and oxygen atoms in total. The number of aryl methyl sites for hydroxylation is 1. The number of benzene rings is 1. The molecule has 3 N–H and O–H groups in total. The van der Waals surface area contributed by atoms with E-state index in [1.807, 2.05) is 45.0 Å². The third kappa shape index (κ3) is 4.76. The Morgan fingerprint density at radius 2 is 1.88 bits per heavy atom. The molecule has 0 radical (unpaired) electrons. The van der Waals surface area contributed by atoms with Crippen molar-refractivity contribution in [1.29, 1.82) is 0 Å². The summed E-state index contributed by atoms with van der Waals surface area (Å²) in [5, 5.41) is 14.5. The van der Waals surface area contributed by atoms with E-state index in [0.717, 1.165) is 5.69 Å². The van der Waals surface area contributed by atoms with E-state index in [1.54, 1.807) is 0 Å². The highest BCUT2D eigenvalue weighted by molar-refractivity contribution is 5.65. The predicted molar refractivity (Wildman–Crippen MR) is 69.5 cm³/mol. The molecule has 0 aliphatic carbocycles. The summed E-state index contributed by atoms with van der Waals surface area (Å²) in [5.74, 6) is 0.254. The number of hydrogen-bond acceptors (Lipinski definition) is 2. The van der Waals surface area contributed by atoms with Gasteiger partial charge in [-0.15, -0.1) is 0 Å². The van der Waals surface area contributed by atoms with Crippen LogP contribution in [0.25, 0.3) is 0 Å². The Morgan fingerprint density at radius 3 is 2.35 bits per heavy atom. The largest absolute Gasteiger partial charge is 0.465 e. The maximum absolute atomic E-state index is 10.6. The van der Waals surface area contributed by atoms with Gasteiger partial charge in [0.05, 0.1) is 6.04 Å². The molecule has 1 atom stereocenters. The maximum atomic E-state index is 10.6. The van der Waals surface area contributed by atoms with E-state index in [9.17, 15) is 4.79 Å². The molecule has 1 aromatic carbocycles. The van der Waals surface area contributed by atoms with Crippen LogP contribution >= 0.6 is 0 Å². The normalized spacial score (nSPS) is 12.2. The summed E-state index contributed by atoms with van der Waals surface area (Å²) in [4.78, 5) is 10.6. The van der Waals surface area contributed by atoms with Gasteiger partial charge in [0.15, 0.2) is 0 Å². The van der Waals surface area contributed by atoms with Crippen LogP contribution in [0.5, 0.6) is 0 Å². The van der Waals surface area contributed by atoms with E-state index in [0.29, 0.717) is 6.54 Å². The third-order valence-electron chi connectivity index (χ3n) is 2.69. The zero-order chi connectivity index (χ0) is 12.8. The van der Waals surface area contributed by atoms with E-state index in [-0.39, 0.29) is 12.0 Å². The lowest BCUT2D eigenvalue weighted by atomic mass is 10.0. The average Bonchev–Trinajstić information content (AvgIpc) is 2.25. The van der Waals surface area contributed by atoms with Crippen LogP contribution in [0.15, 0.2) is 24.3 Å². The Labute approximate surface area is 102 Å². The molecule has 0 bridgehead atoms. The van der Waals surface area contributed by atoms with Crippen molar-refractivity contribution < 1.29 is 9.90 Å². The van der Waals surface area contributed by atoms with Crippen molar-refractivity contribution in [2.45, 2.75) is 26.8 Å². The number of amides is 1. The van der Waals surface area contributed by atoms with Crippen molar-refractivity contribution in [3.63, 3.8) is 0 Å². The molecular formula is C13H20N2O2. The minimum absolute atomic E-state index is 0.0891. The van der Waals surface area contributed by atoms with Gasteiger partial charge >= 0.3 is 6.09 Å². The molecule has 0 fully saturated rings. The minimum atomic E-state index is -0.977. The number of anilines is 1. The Kier molecular flexibility index (Phi) is 4.82. The number of carboxylic acid groups (broad SMARTS) is 1. The van der Waals surface area contributed by atoms with Gasteiger partial charge in [-0.3, -0.25) is 0 Å². The molecule has 0 saturated carbocycles. The summed E-state index contributed by atoms with van der Waals surface area (Å²) < 4.78 is 0. The molecule has 0 aliphatic rings. The lowest BCUT2D eigenvalue weighted by Gasteiger charge is -2.21. The van der Waals surface area contributed by atoms with Crippen molar-refractivity contribution in [1.82, 2.24) is 5.32 Å². The molecule has 1 rings (SSSR count). The van der Waals surface area contributed by atoms with Gasteiger partial charge in [0.25, 0.3) is 0 Å². The summed E-state index contributed by atoms with van der Waals surface area (Å²) >= 11 is 0. The van der Waals surface area contributed by atoms with Gasteiger partial charge in [0, 0.05) is 12.2 Å². The molecule has 0 aromatic heterocycles. The standard InChI is InChI=1S/C13H20N2O2/c1-9(2)12(15-13(16)17)8-14-11-6-4-10(3)5-7-11/h4-7,9,12,14-15H,8H2,1-3H3,(H,16,17). The molecule has 1 amide bonds. The topological polar surface area (TPSA) is 61.4 Å². The molecular weight excluding hydrogens is 216 g/mol. The SMILES string of the molecule is Cc1ccc(NCC(NC(=O)O)C(C)C)cc1. The van der Waals surface area contributed by atoms with Crippen LogP contribution in [-0.2, 0) is 0 Å². The van der Waals surface area contributed by atoms with Gasteiger partial charge in [-0.2, -0.15) is 0 Å². The first kappa shape index (κ1) is 13.4. The number of hydrogen-bond donors (Lipinski definition) is 3. The number of nitrogens with one attached hydrogen (secondary N) is 2. The molecule has 0 aliphatic heterocycles. The number of carbonyl (C=O) groups is 1. The summed E-state index contributed by atoms with van der Waals surface area (Å²) in [7, 11) is 0. The van der Waals surface area contributed by atoms with Gasteiger partial charge in [-0.05, 0) is 25.0 Å². The molecule has 1 unspecified atom stereocenters. The second-order valence-electron chi connectivity index (χ2n) is 4.55. The van der Waals surface area contributed by atoms with Crippen LogP contribution in [0.3, 0.4) is 0 Å². The lowest BCUT2D eigenvalue weighted by molar-refractivity contribution is 0.187. The van der Waals surface area contributed by atoms with E-state index >= 15 is 0 Å². The van der Waals surface area contributed by atoms with Gasteiger partial charge in [0.2, 0.25) is 0 Å². The fraction of sp³-hybridized carbons (Fsp3) is 0.462. The van der Waals surface area contributed by atoms with Crippen LogP contribution in [0.4, 0.5) is 10.5 Å². The lowest BCUT2D eigenvalue weighted by Crippen LogP contribution is -2.42. The maximum Gasteiger partial charge on any atom is 0.404 e. The molecule has 0 heterocycles. The van der Waals surface area contributed by atoms with E-state index < -0.39 is 6.09 Å². The second-order valence-corrected chi connectivity index (χ2v) is 4.55. The Hall–Kier alpha value is -1.71. The fourth-order valence-electron chi connectivity index (χ4n) is 1.51. The van der Waals surface area contributed by atoms with Crippen LogP contribution in [0.1, 0.15) is 19.4 Å². The highest BCUT2D eigenvalue weighted by Crippen LogP contribution is 2.10. The van der Waals surface area contributed by atoms with Crippen molar-refractivity contribution in [2.24, 2.45) is 5.92 Å². The summed E-state index contributed by atoms with van der Waals surface area (Å²) in [5.41, 5.74) is 2.22. The van der Waals surface area contributed by atoms with Gasteiger partial charge in [-0.25, -0.2) is 4.79 Å². The summed E-state index contributed by atoms with van der Waals surface area (Å²) in [6.07, 6.45) is -0.977. The molecule has 1 aromatic rings. The van der Waals surface area contributed by atoms with E-state index in [2.05, 4.69) is 10.6 Å². The summed E-state index contributed by atoms with van der Waals surface area (Å²) in [6, 6.07) is 7.95. The van der Waals surface area contributed by atoms with Crippen LogP contribution in [-0.4, -0.2) is 23.8 Å². The Balaban J connectivity index is 2.51. The second kappa shape index (κ2) is 6.13. The first-order chi connectivity index (χ1) is 7.99. The monoisotopic (exact) mass is 236 g/mol. The van der Waals surface area contributed by atoms with Gasteiger partial charge in [0.1, 0.15) is 0 Å². The van der Waals surface area contributed by atoms with E-state index in [1.165, 1.54) is 5.56 Å². The highest BCUT2D eigenvalue weighted by Gasteiger charge is 2.14. The zero-order valence-corrected chi connectivity index (χ0v) is 10.5. The highest BCUT2D eigenvalue weighted by atomic mass is 16.4. The molecule has 0 saturated heterocycles. The van der Waals surface area contributed by atoms with Crippen molar-refractivity contribution in [3.8, 4) is 0 Å². The molecule has 0 spiro atoms. The Bertz CT molecular complexity index is 360. The van der Waals surface area contributed by atoms with Gasteiger partial charge < -0.3 is 15.7 Å². The summed E-state index contributed by atoms with van der Waals surface area (Å²) in [6.45, 7) is 6.62.